The number of carbonyl (C=O) groups is 3. The lowest BCUT2D eigenvalue weighted by Crippen LogP contribution is -2.40. The van der Waals surface area contributed by atoms with Gasteiger partial charge in [-0.2, -0.15) is 0 Å². The Labute approximate surface area is 314 Å². The smallest absolute Gasteiger partial charge is 0.254 e. The van der Waals surface area contributed by atoms with Crippen molar-refractivity contribution in [1.29, 1.82) is 0 Å². The molecule has 1 aromatic heterocycles. The van der Waals surface area contributed by atoms with Crippen LogP contribution in [0.4, 0.5) is 0 Å². The zero-order chi connectivity index (χ0) is 37.1. The van der Waals surface area contributed by atoms with E-state index in [0.29, 0.717) is 113 Å². The Morgan fingerprint density at radius 1 is 0.389 bits per heavy atom. The summed E-state index contributed by atoms with van der Waals surface area (Å²) in [5.74, 6) is 1.35. The van der Waals surface area contributed by atoms with Gasteiger partial charge in [-0.05, 0) is 71.3 Å². The molecule has 0 N–H and O–H groups in total. The van der Waals surface area contributed by atoms with Gasteiger partial charge in [0.15, 0.2) is 17.5 Å². The van der Waals surface area contributed by atoms with Gasteiger partial charge >= 0.3 is 0 Å². The van der Waals surface area contributed by atoms with E-state index in [-0.39, 0.29) is 17.7 Å². The van der Waals surface area contributed by atoms with Crippen LogP contribution >= 0.6 is 0 Å². The maximum atomic E-state index is 12.9. The van der Waals surface area contributed by atoms with Crippen LogP contribution in [0, 0.1) is 0 Å². The summed E-state index contributed by atoms with van der Waals surface area (Å²) >= 11 is 0. The number of hydrogen-bond donors (Lipinski definition) is 0. The Bertz CT molecular complexity index is 1770. The SMILES string of the molecule is O=C(c1ccc(/C=C/c2nc(/C=C/c3ccc(C(=O)N4CCOCC4)cc3)nc(/C=C/c3ccc(C(=O)N4CCOCC4)cc3)n2)cc1)N1CCOCC1. The third-order valence-corrected chi connectivity index (χ3v) is 9.33. The van der Waals surface area contributed by atoms with Gasteiger partial charge in [0.2, 0.25) is 0 Å². The highest BCUT2D eigenvalue weighted by molar-refractivity contribution is 5.96. The largest absolute Gasteiger partial charge is 0.378 e. The maximum Gasteiger partial charge on any atom is 0.254 e. The van der Waals surface area contributed by atoms with Crippen LogP contribution in [0.15, 0.2) is 72.8 Å². The molecule has 3 aliphatic rings. The molecule has 3 saturated heterocycles. The highest BCUT2D eigenvalue weighted by Gasteiger charge is 2.20. The van der Waals surface area contributed by atoms with Crippen molar-refractivity contribution >= 4 is 54.2 Å². The van der Waals surface area contributed by atoms with Crippen LogP contribution in [0.2, 0.25) is 0 Å². The topological polar surface area (TPSA) is 127 Å². The number of carbonyl (C=O) groups excluding carboxylic acids is 3. The second-order valence-electron chi connectivity index (χ2n) is 13.0. The average molecular weight is 727 g/mol. The summed E-state index contributed by atoms with van der Waals surface area (Å²) in [7, 11) is 0. The zero-order valence-corrected chi connectivity index (χ0v) is 30.0. The van der Waals surface area contributed by atoms with E-state index in [2.05, 4.69) is 15.0 Å². The van der Waals surface area contributed by atoms with E-state index in [1.165, 1.54) is 0 Å². The zero-order valence-electron chi connectivity index (χ0n) is 30.0. The minimum Gasteiger partial charge on any atom is -0.378 e. The number of aromatic nitrogens is 3. The third kappa shape index (κ3) is 9.58. The number of amides is 3. The van der Waals surface area contributed by atoms with Gasteiger partial charge in [0.1, 0.15) is 0 Å². The monoisotopic (exact) mass is 726 g/mol. The van der Waals surface area contributed by atoms with E-state index < -0.39 is 0 Å². The first-order valence-corrected chi connectivity index (χ1v) is 18.2. The van der Waals surface area contributed by atoms with E-state index >= 15 is 0 Å². The fourth-order valence-electron chi connectivity index (χ4n) is 6.22. The Kier molecular flexibility index (Phi) is 12.0. The maximum absolute atomic E-state index is 12.9. The van der Waals surface area contributed by atoms with E-state index in [0.717, 1.165) is 16.7 Å². The second-order valence-corrected chi connectivity index (χ2v) is 13.0. The van der Waals surface area contributed by atoms with Gasteiger partial charge in [-0.1, -0.05) is 54.6 Å². The molecule has 0 spiro atoms. The molecule has 0 radical (unpaired) electrons. The van der Waals surface area contributed by atoms with Gasteiger partial charge in [-0.15, -0.1) is 0 Å². The molecule has 3 amide bonds. The van der Waals surface area contributed by atoms with Crippen molar-refractivity contribution in [3.8, 4) is 0 Å². The van der Waals surface area contributed by atoms with Crippen molar-refractivity contribution in [2.24, 2.45) is 0 Å². The van der Waals surface area contributed by atoms with Crippen molar-refractivity contribution in [3.05, 3.63) is 124 Å². The van der Waals surface area contributed by atoms with Crippen molar-refractivity contribution in [3.63, 3.8) is 0 Å². The van der Waals surface area contributed by atoms with E-state index in [1.807, 2.05) is 124 Å². The standard InChI is InChI=1S/C42H42N6O6/c49-40(46-19-25-52-26-20-46)34-10-1-31(2-11-34)7-16-37-43-38(17-8-32-3-12-35(13-4-32)41(50)47-21-27-53-28-22-47)45-39(44-37)18-9-33-5-14-36(15-6-33)42(51)48-23-29-54-30-24-48/h1-18H,19-30H2/b16-7+,17-8+,18-9+. The highest BCUT2D eigenvalue weighted by Crippen LogP contribution is 2.16. The molecule has 3 aliphatic heterocycles. The fourth-order valence-corrected chi connectivity index (χ4v) is 6.22. The molecule has 0 unspecified atom stereocenters. The molecule has 12 heteroatoms. The van der Waals surface area contributed by atoms with Gasteiger partial charge in [0, 0.05) is 56.0 Å². The molecule has 0 bridgehead atoms. The first-order valence-electron chi connectivity index (χ1n) is 18.2. The van der Waals surface area contributed by atoms with Crippen molar-refractivity contribution < 1.29 is 28.6 Å². The normalized spacial score (nSPS) is 16.8. The lowest BCUT2D eigenvalue weighted by Gasteiger charge is -2.26. The van der Waals surface area contributed by atoms with Crippen molar-refractivity contribution in [1.82, 2.24) is 29.7 Å². The lowest BCUT2D eigenvalue weighted by atomic mass is 10.1. The summed E-state index contributed by atoms with van der Waals surface area (Å²) in [4.78, 5) is 58.1. The Morgan fingerprint density at radius 3 is 0.870 bits per heavy atom. The van der Waals surface area contributed by atoms with Gasteiger partial charge < -0.3 is 28.9 Å². The van der Waals surface area contributed by atoms with Crippen LogP contribution in [0.5, 0.6) is 0 Å². The summed E-state index contributed by atoms with van der Waals surface area (Å²) in [5.41, 5.74) is 4.56. The first kappa shape index (κ1) is 36.5. The van der Waals surface area contributed by atoms with Gasteiger partial charge in [-0.25, -0.2) is 15.0 Å². The molecule has 4 heterocycles. The Balaban J connectivity index is 1.09. The van der Waals surface area contributed by atoms with Crippen molar-refractivity contribution in [2.75, 3.05) is 78.9 Å². The van der Waals surface area contributed by atoms with Crippen LogP contribution in [0.25, 0.3) is 36.5 Å². The number of nitrogens with zero attached hydrogens (tertiary/aromatic N) is 6. The molecule has 3 aromatic carbocycles. The minimum absolute atomic E-state index is 0.00386. The summed E-state index contributed by atoms with van der Waals surface area (Å²) in [5, 5.41) is 0. The van der Waals surface area contributed by atoms with Crippen LogP contribution in [-0.2, 0) is 14.2 Å². The number of morpholine rings is 3. The Morgan fingerprint density at radius 2 is 0.630 bits per heavy atom. The summed E-state index contributed by atoms with van der Waals surface area (Å²) in [6.07, 6.45) is 11.1. The highest BCUT2D eigenvalue weighted by atomic mass is 16.5. The van der Waals surface area contributed by atoms with Gasteiger partial charge in [-0.3, -0.25) is 14.4 Å². The molecule has 0 aliphatic carbocycles. The number of rotatable bonds is 9. The van der Waals surface area contributed by atoms with E-state index in [1.54, 1.807) is 0 Å². The molecule has 7 rings (SSSR count). The quantitative estimate of drug-likeness (QED) is 0.239. The molecule has 12 nitrogen and oxygen atoms in total. The van der Waals surface area contributed by atoms with Crippen LogP contribution in [0.1, 0.15) is 65.2 Å². The molecule has 0 atom stereocenters. The molecule has 54 heavy (non-hydrogen) atoms. The van der Waals surface area contributed by atoms with Gasteiger partial charge in [0.25, 0.3) is 17.7 Å². The van der Waals surface area contributed by atoms with E-state index in [4.69, 9.17) is 14.2 Å². The molecular formula is C42H42N6O6. The van der Waals surface area contributed by atoms with E-state index in [9.17, 15) is 14.4 Å². The number of hydrogen-bond acceptors (Lipinski definition) is 9. The Hall–Kier alpha value is -5.82. The fraction of sp³-hybridized carbons (Fsp3) is 0.286. The summed E-state index contributed by atoms with van der Waals surface area (Å²) in [6, 6.07) is 22.3. The number of benzene rings is 3. The van der Waals surface area contributed by atoms with Crippen LogP contribution in [0.3, 0.4) is 0 Å². The average Bonchev–Trinajstić information content (AvgIpc) is 3.25. The third-order valence-electron chi connectivity index (χ3n) is 9.33. The minimum atomic E-state index is -0.00386. The lowest BCUT2D eigenvalue weighted by molar-refractivity contribution is 0.0301. The predicted molar refractivity (Wildman–Crippen MR) is 206 cm³/mol. The molecule has 0 saturated carbocycles. The second kappa shape index (κ2) is 17.8. The molecule has 3 fully saturated rings. The number of ether oxygens (including phenoxy) is 3. The van der Waals surface area contributed by atoms with Crippen LogP contribution < -0.4 is 0 Å². The first-order chi connectivity index (χ1) is 26.5. The van der Waals surface area contributed by atoms with Crippen molar-refractivity contribution in [2.45, 2.75) is 0 Å². The van der Waals surface area contributed by atoms with Crippen LogP contribution in [-0.4, -0.2) is 126 Å². The predicted octanol–water partition coefficient (Wildman–Crippen LogP) is 4.80. The molecule has 4 aromatic rings. The molecular weight excluding hydrogens is 684 g/mol. The summed E-state index contributed by atoms with van der Waals surface area (Å²) in [6.45, 7) is 6.87. The molecule has 276 valence electrons. The summed E-state index contributed by atoms with van der Waals surface area (Å²) < 4.78 is 16.1. The van der Waals surface area contributed by atoms with Gasteiger partial charge in [0.05, 0.1) is 39.6 Å².